The zero-order valence-corrected chi connectivity index (χ0v) is 10.7. The maximum Gasteiger partial charge on any atom is 0.313 e. The number of ether oxygens (including phenoxy) is 1. The number of hydrogen-bond acceptors (Lipinski definition) is 2. The standard InChI is InChI=1S/C12H13IO2/c1-8-3-2-4-9(5-8)11-6-10(7-13)15-12(11)14/h2-5,10-11H,6-7H2,1H3/t10-,11-/m0/s1. The molecule has 2 rings (SSSR count). The van der Waals surface area contributed by atoms with Gasteiger partial charge in [-0.2, -0.15) is 0 Å². The van der Waals surface area contributed by atoms with E-state index in [9.17, 15) is 4.79 Å². The van der Waals surface area contributed by atoms with Gasteiger partial charge in [-0.05, 0) is 12.5 Å². The molecule has 1 aliphatic rings. The normalized spacial score (nSPS) is 25.3. The van der Waals surface area contributed by atoms with Crippen molar-refractivity contribution in [3.63, 3.8) is 0 Å². The molecular weight excluding hydrogens is 303 g/mol. The number of halogens is 1. The summed E-state index contributed by atoms with van der Waals surface area (Å²) in [5.74, 6) is -0.119. The fourth-order valence-corrected chi connectivity index (χ4v) is 2.45. The molecule has 0 aliphatic carbocycles. The Hall–Kier alpha value is -0.580. The molecule has 1 aliphatic heterocycles. The number of aryl methyl sites for hydroxylation is 1. The van der Waals surface area contributed by atoms with E-state index in [0.29, 0.717) is 0 Å². The van der Waals surface area contributed by atoms with Gasteiger partial charge in [-0.1, -0.05) is 52.4 Å². The van der Waals surface area contributed by atoms with Crippen LogP contribution in [0.5, 0.6) is 0 Å². The van der Waals surface area contributed by atoms with E-state index >= 15 is 0 Å². The summed E-state index contributed by atoms with van der Waals surface area (Å²) in [6.45, 7) is 2.04. The van der Waals surface area contributed by atoms with Crippen molar-refractivity contribution < 1.29 is 9.53 Å². The Morgan fingerprint density at radius 3 is 2.93 bits per heavy atom. The number of carbonyl (C=O) groups excluding carboxylic acids is 1. The lowest BCUT2D eigenvalue weighted by Gasteiger charge is -2.06. The Bertz CT molecular complexity index is 376. The van der Waals surface area contributed by atoms with E-state index in [0.717, 1.165) is 16.4 Å². The second-order valence-corrected chi connectivity index (χ2v) is 4.80. The van der Waals surface area contributed by atoms with Crippen molar-refractivity contribution in [3.05, 3.63) is 35.4 Å². The van der Waals surface area contributed by atoms with E-state index in [1.807, 2.05) is 25.1 Å². The number of cyclic esters (lactones) is 1. The van der Waals surface area contributed by atoms with E-state index in [1.54, 1.807) is 0 Å². The fourth-order valence-electron chi connectivity index (χ4n) is 1.91. The van der Waals surface area contributed by atoms with Crippen molar-refractivity contribution in [2.24, 2.45) is 0 Å². The molecule has 1 saturated heterocycles. The van der Waals surface area contributed by atoms with E-state index in [2.05, 4.69) is 28.7 Å². The summed E-state index contributed by atoms with van der Waals surface area (Å²) in [6, 6.07) is 8.12. The molecule has 1 heterocycles. The fraction of sp³-hybridized carbons (Fsp3) is 0.417. The highest BCUT2D eigenvalue weighted by atomic mass is 127. The first-order valence-corrected chi connectivity index (χ1v) is 6.56. The van der Waals surface area contributed by atoms with Crippen LogP contribution in [0.2, 0.25) is 0 Å². The summed E-state index contributed by atoms with van der Waals surface area (Å²) in [7, 11) is 0. The summed E-state index contributed by atoms with van der Waals surface area (Å²) in [5, 5.41) is 0. The largest absolute Gasteiger partial charge is 0.461 e. The van der Waals surface area contributed by atoms with Crippen LogP contribution >= 0.6 is 22.6 Å². The highest BCUT2D eigenvalue weighted by Crippen LogP contribution is 2.31. The maximum absolute atomic E-state index is 11.6. The average Bonchev–Trinajstić information content (AvgIpc) is 2.60. The topological polar surface area (TPSA) is 26.3 Å². The zero-order valence-electron chi connectivity index (χ0n) is 8.57. The van der Waals surface area contributed by atoms with Gasteiger partial charge in [-0.25, -0.2) is 0 Å². The highest BCUT2D eigenvalue weighted by Gasteiger charge is 2.34. The van der Waals surface area contributed by atoms with Crippen molar-refractivity contribution in [1.82, 2.24) is 0 Å². The van der Waals surface area contributed by atoms with E-state index in [-0.39, 0.29) is 18.0 Å². The third-order valence-electron chi connectivity index (χ3n) is 2.68. The van der Waals surface area contributed by atoms with E-state index in [1.165, 1.54) is 5.56 Å². The van der Waals surface area contributed by atoms with Crippen molar-refractivity contribution in [2.45, 2.75) is 25.4 Å². The number of esters is 1. The van der Waals surface area contributed by atoms with Gasteiger partial charge in [0.05, 0.1) is 5.92 Å². The molecule has 2 nitrogen and oxygen atoms in total. The molecule has 0 aromatic heterocycles. The van der Waals surface area contributed by atoms with Gasteiger partial charge in [0.2, 0.25) is 0 Å². The Balaban J connectivity index is 2.21. The molecule has 80 valence electrons. The lowest BCUT2D eigenvalue weighted by molar-refractivity contribution is -0.141. The predicted octanol–water partition coefficient (Wildman–Crippen LogP) is 2.83. The van der Waals surface area contributed by atoms with Crippen LogP contribution in [0.15, 0.2) is 24.3 Å². The SMILES string of the molecule is Cc1cccc([C@@H]2C[C@@H](CI)OC2=O)c1. The molecule has 0 spiro atoms. The summed E-state index contributed by atoms with van der Waals surface area (Å²) in [4.78, 5) is 11.6. The second kappa shape index (κ2) is 4.51. The first-order valence-electron chi connectivity index (χ1n) is 5.03. The van der Waals surface area contributed by atoms with Gasteiger partial charge in [-0.3, -0.25) is 4.79 Å². The monoisotopic (exact) mass is 316 g/mol. The molecule has 0 N–H and O–H groups in total. The van der Waals surface area contributed by atoms with Crippen LogP contribution in [-0.4, -0.2) is 16.5 Å². The molecule has 15 heavy (non-hydrogen) atoms. The van der Waals surface area contributed by atoms with Gasteiger partial charge in [0.15, 0.2) is 0 Å². The lowest BCUT2D eigenvalue weighted by atomic mass is 9.95. The molecule has 0 radical (unpaired) electrons. The highest BCUT2D eigenvalue weighted by molar-refractivity contribution is 14.1. The Kier molecular flexibility index (Phi) is 3.29. The van der Waals surface area contributed by atoms with Gasteiger partial charge in [0, 0.05) is 10.8 Å². The lowest BCUT2D eigenvalue weighted by Crippen LogP contribution is -2.07. The minimum Gasteiger partial charge on any atom is -0.461 e. The predicted molar refractivity (Wildman–Crippen MR) is 67.3 cm³/mol. The second-order valence-electron chi connectivity index (χ2n) is 3.92. The number of benzene rings is 1. The molecule has 2 atom stereocenters. The van der Waals surface area contributed by atoms with Crippen LogP contribution in [0.4, 0.5) is 0 Å². The summed E-state index contributed by atoms with van der Waals surface area (Å²) in [5.41, 5.74) is 2.28. The van der Waals surface area contributed by atoms with Gasteiger partial charge >= 0.3 is 5.97 Å². The number of carbonyl (C=O) groups is 1. The van der Waals surface area contributed by atoms with Gasteiger partial charge in [0.1, 0.15) is 6.10 Å². The molecule has 0 amide bonds. The van der Waals surface area contributed by atoms with E-state index < -0.39 is 0 Å². The van der Waals surface area contributed by atoms with Gasteiger partial charge in [0.25, 0.3) is 0 Å². The molecule has 0 saturated carbocycles. The Morgan fingerprint density at radius 2 is 2.33 bits per heavy atom. The third kappa shape index (κ3) is 2.33. The van der Waals surface area contributed by atoms with Crippen LogP contribution < -0.4 is 0 Å². The van der Waals surface area contributed by atoms with Crippen LogP contribution in [0.3, 0.4) is 0 Å². The van der Waals surface area contributed by atoms with Gasteiger partial charge < -0.3 is 4.74 Å². The van der Waals surface area contributed by atoms with Crippen molar-refractivity contribution in [3.8, 4) is 0 Å². The zero-order chi connectivity index (χ0) is 10.8. The van der Waals surface area contributed by atoms with Crippen LogP contribution in [0.1, 0.15) is 23.5 Å². The van der Waals surface area contributed by atoms with Crippen molar-refractivity contribution in [2.75, 3.05) is 4.43 Å². The molecule has 1 aromatic carbocycles. The van der Waals surface area contributed by atoms with Crippen molar-refractivity contribution >= 4 is 28.6 Å². The van der Waals surface area contributed by atoms with Crippen LogP contribution in [0, 0.1) is 6.92 Å². The third-order valence-corrected chi connectivity index (χ3v) is 3.66. The molecular formula is C12H13IO2. The molecule has 1 fully saturated rings. The summed E-state index contributed by atoms with van der Waals surface area (Å²) >= 11 is 2.26. The van der Waals surface area contributed by atoms with Crippen LogP contribution in [-0.2, 0) is 9.53 Å². The summed E-state index contributed by atoms with van der Waals surface area (Å²) < 4.78 is 6.15. The van der Waals surface area contributed by atoms with Crippen LogP contribution in [0.25, 0.3) is 0 Å². The first-order chi connectivity index (χ1) is 7.20. The van der Waals surface area contributed by atoms with Gasteiger partial charge in [-0.15, -0.1) is 0 Å². The summed E-state index contributed by atoms with van der Waals surface area (Å²) in [6.07, 6.45) is 0.925. The average molecular weight is 316 g/mol. The Labute approximate surface area is 103 Å². The quantitative estimate of drug-likeness (QED) is 0.476. The molecule has 0 bridgehead atoms. The number of hydrogen-bond donors (Lipinski definition) is 0. The molecule has 0 unspecified atom stereocenters. The molecule has 1 aromatic rings. The number of alkyl halides is 1. The van der Waals surface area contributed by atoms with Crippen molar-refractivity contribution in [1.29, 1.82) is 0 Å². The first kappa shape index (κ1) is 10.9. The van der Waals surface area contributed by atoms with E-state index in [4.69, 9.17) is 4.74 Å². The maximum atomic E-state index is 11.6. The molecule has 3 heteroatoms. The minimum absolute atomic E-state index is 0.0512. The smallest absolute Gasteiger partial charge is 0.313 e. The Morgan fingerprint density at radius 1 is 1.53 bits per heavy atom. The number of rotatable bonds is 2. The minimum atomic E-state index is -0.0673.